The Morgan fingerprint density at radius 1 is 1.24 bits per heavy atom. The van der Waals surface area contributed by atoms with Crippen molar-refractivity contribution in [2.24, 2.45) is 5.92 Å². The Morgan fingerprint density at radius 2 is 2.03 bits per heavy atom. The van der Waals surface area contributed by atoms with Gasteiger partial charge in [-0.1, -0.05) is 27.2 Å². The second-order valence-corrected chi connectivity index (χ2v) is 8.68. The van der Waals surface area contributed by atoms with Crippen LogP contribution < -0.4 is 21.3 Å². The highest BCUT2D eigenvalue weighted by Crippen LogP contribution is 2.16. The molecule has 0 radical (unpaired) electrons. The number of unbranched alkanes of at least 4 members (excludes halogenated alkanes) is 1. The normalized spacial score (nSPS) is 11.3. The second-order valence-electron chi connectivity index (χ2n) is 8.68. The van der Waals surface area contributed by atoms with Gasteiger partial charge in [-0.05, 0) is 30.9 Å². The highest BCUT2D eigenvalue weighted by atomic mass is 16.5. The Balaban J connectivity index is 1.79. The third kappa shape index (κ3) is 6.12. The number of imidazole rings is 1. The quantitative estimate of drug-likeness (QED) is 0.419. The summed E-state index contributed by atoms with van der Waals surface area (Å²) in [6.45, 7) is 9.97. The molecule has 10 nitrogen and oxygen atoms in total. The van der Waals surface area contributed by atoms with Crippen LogP contribution in [0.4, 0.5) is 0 Å². The van der Waals surface area contributed by atoms with E-state index in [9.17, 15) is 14.4 Å². The summed E-state index contributed by atoms with van der Waals surface area (Å²) < 4.78 is 8.78. The van der Waals surface area contributed by atoms with Crippen molar-refractivity contribution in [1.82, 2.24) is 29.4 Å². The van der Waals surface area contributed by atoms with Gasteiger partial charge in [-0.3, -0.25) is 19.1 Å². The fourth-order valence-electron chi connectivity index (χ4n) is 3.80. The average Bonchev–Trinajstić information content (AvgIpc) is 3.14. The summed E-state index contributed by atoms with van der Waals surface area (Å²) in [5.41, 5.74) is 0.775. The van der Waals surface area contributed by atoms with Gasteiger partial charge in [0.05, 0.1) is 6.61 Å². The van der Waals surface area contributed by atoms with Crippen LogP contribution in [-0.2, 0) is 30.8 Å². The number of rotatable bonds is 12. The van der Waals surface area contributed by atoms with Crippen molar-refractivity contribution in [2.45, 2.75) is 73.0 Å². The zero-order valence-corrected chi connectivity index (χ0v) is 20.4. The molecule has 0 spiro atoms. The molecule has 0 saturated carbocycles. The number of hydrogen-bond acceptors (Lipinski definition) is 6. The largest absolute Gasteiger partial charge is 0.478 e. The average molecular weight is 471 g/mol. The van der Waals surface area contributed by atoms with E-state index in [1.807, 2.05) is 24.5 Å². The maximum atomic E-state index is 12.7. The minimum Gasteiger partial charge on any atom is -0.478 e. The van der Waals surface area contributed by atoms with Crippen LogP contribution in [-0.4, -0.2) is 36.6 Å². The summed E-state index contributed by atoms with van der Waals surface area (Å²) in [4.78, 5) is 48.9. The molecular formula is C24H34N6O4. The molecule has 0 bridgehead atoms. The molecule has 184 valence electrons. The minimum atomic E-state index is -0.451. The lowest BCUT2D eigenvalue weighted by atomic mass is 10.2. The molecule has 3 aromatic rings. The number of carbonyl (C=O) groups is 1. The van der Waals surface area contributed by atoms with Crippen molar-refractivity contribution in [1.29, 1.82) is 0 Å². The third-order valence-corrected chi connectivity index (χ3v) is 5.40. The van der Waals surface area contributed by atoms with E-state index in [1.165, 1.54) is 4.57 Å². The molecule has 0 aliphatic rings. The Kier molecular flexibility index (Phi) is 8.61. The number of H-pyrrole nitrogens is 1. The molecule has 0 aromatic carbocycles. The molecule has 3 aromatic heterocycles. The van der Waals surface area contributed by atoms with Crippen molar-refractivity contribution >= 4 is 17.1 Å². The number of fused-ring (bicyclic) bond motifs is 1. The second kappa shape index (κ2) is 11.6. The summed E-state index contributed by atoms with van der Waals surface area (Å²) >= 11 is 0. The number of aryl methyl sites for hydroxylation is 2. The highest BCUT2D eigenvalue weighted by Gasteiger charge is 2.19. The number of aromatic nitrogens is 5. The van der Waals surface area contributed by atoms with E-state index in [2.05, 4.69) is 34.1 Å². The van der Waals surface area contributed by atoms with Gasteiger partial charge in [0.25, 0.3) is 5.56 Å². The fourth-order valence-corrected chi connectivity index (χ4v) is 3.80. The SMILES string of the molecule is CCCCn1c(=O)[nH]c(=O)c2c1nc(CCC(=O)NCc1ccnc(OCC)c1)n2CC(C)C. The lowest BCUT2D eigenvalue weighted by molar-refractivity contribution is -0.121. The fraction of sp³-hybridized carbons (Fsp3) is 0.542. The van der Waals surface area contributed by atoms with Crippen LogP contribution in [0.5, 0.6) is 5.88 Å². The summed E-state index contributed by atoms with van der Waals surface area (Å²) in [5.74, 6) is 1.28. The molecule has 0 unspecified atom stereocenters. The van der Waals surface area contributed by atoms with E-state index in [4.69, 9.17) is 4.74 Å². The number of carbonyl (C=O) groups excluding carboxylic acids is 1. The van der Waals surface area contributed by atoms with Gasteiger partial charge in [0.15, 0.2) is 11.2 Å². The number of amides is 1. The van der Waals surface area contributed by atoms with E-state index >= 15 is 0 Å². The van der Waals surface area contributed by atoms with Crippen molar-refractivity contribution < 1.29 is 9.53 Å². The Morgan fingerprint density at radius 3 is 2.74 bits per heavy atom. The van der Waals surface area contributed by atoms with Crippen LogP contribution in [0.3, 0.4) is 0 Å². The zero-order valence-electron chi connectivity index (χ0n) is 20.4. The summed E-state index contributed by atoms with van der Waals surface area (Å²) in [7, 11) is 0. The van der Waals surface area contributed by atoms with Crippen LogP contribution in [0, 0.1) is 5.92 Å². The van der Waals surface area contributed by atoms with Crippen LogP contribution in [0.25, 0.3) is 11.2 Å². The molecule has 34 heavy (non-hydrogen) atoms. The lowest BCUT2D eigenvalue weighted by Crippen LogP contribution is -2.31. The van der Waals surface area contributed by atoms with E-state index in [0.29, 0.717) is 55.5 Å². The first-order valence-corrected chi connectivity index (χ1v) is 11.9. The zero-order chi connectivity index (χ0) is 24.7. The number of aromatic amines is 1. The molecule has 0 atom stereocenters. The van der Waals surface area contributed by atoms with Crippen molar-refractivity contribution in [3.05, 3.63) is 50.6 Å². The van der Waals surface area contributed by atoms with Gasteiger partial charge in [-0.25, -0.2) is 14.8 Å². The summed E-state index contributed by atoms with van der Waals surface area (Å²) in [6.07, 6.45) is 3.93. The monoisotopic (exact) mass is 470 g/mol. The highest BCUT2D eigenvalue weighted by molar-refractivity contribution is 5.76. The van der Waals surface area contributed by atoms with Crippen molar-refractivity contribution in [2.75, 3.05) is 6.61 Å². The standard InChI is InChI=1S/C24H34N6O4/c1-5-7-12-29-22-21(23(32)28-24(29)33)30(15-16(3)4)18(27-22)8-9-19(31)26-14-17-10-11-25-20(13-17)34-6-2/h10-11,13,16H,5-9,12,14-15H2,1-4H3,(H,26,31)(H,28,32,33). The molecule has 3 heterocycles. The van der Waals surface area contributed by atoms with Gasteiger partial charge in [-0.2, -0.15) is 0 Å². The van der Waals surface area contributed by atoms with Gasteiger partial charge < -0.3 is 14.6 Å². The van der Waals surface area contributed by atoms with E-state index in [0.717, 1.165) is 18.4 Å². The predicted octanol–water partition coefficient (Wildman–Crippen LogP) is 2.39. The van der Waals surface area contributed by atoms with Crippen LogP contribution in [0.2, 0.25) is 0 Å². The topological polar surface area (TPSA) is 124 Å². The van der Waals surface area contributed by atoms with E-state index < -0.39 is 11.2 Å². The number of pyridine rings is 1. The van der Waals surface area contributed by atoms with Crippen LogP contribution in [0.1, 0.15) is 58.3 Å². The lowest BCUT2D eigenvalue weighted by Gasteiger charge is -2.12. The molecule has 0 saturated heterocycles. The number of nitrogens with one attached hydrogen (secondary N) is 2. The first kappa shape index (κ1) is 25.2. The maximum Gasteiger partial charge on any atom is 0.330 e. The first-order chi connectivity index (χ1) is 16.3. The van der Waals surface area contributed by atoms with Crippen molar-refractivity contribution in [3.63, 3.8) is 0 Å². The molecule has 3 rings (SSSR count). The van der Waals surface area contributed by atoms with Crippen LogP contribution in [0.15, 0.2) is 27.9 Å². The minimum absolute atomic E-state index is 0.129. The van der Waals surface area contributed by atoms with Gasteiger partial charge in [0.1, 0.15) is 5.82 Å². The van der Waals surface area contributed by atoms with Crippen LogP contribution >= 0.6 is 0 Å². The Hall–Kier alpha value is -3.43. The predicted molar refractivity (Wildman–Crippen MR) is 130 cm³/mol. The van der Waals surface area contributed by atoms with Gasteiger partial charge in [0, 0.05) is 44.7 Å². The third-order valence-electron chi connectivity index (χ3n) is 5.40. The molecule has 1 amide bonds. The molecule has 0 fully saturated rings. The van der Waals surface area contributed by atoms with E-state index in [-0.39, 0.29) is 18.2 Å². The molecule has 10 heteroatoms. The van der Waals surface area contributed by atoms with Gasteiger partial charge in [0.2, 0.25) is 11.8 Å². The first-order valence-electron chi connectivity index (χ1n) is 11.9. The van der Waals surface area contributed by atoms with Crippen molar-refractivity contribution in [3.8, 4) is 5.88 Å². The van der Waals surface area contributed by atoms with Gasteiger partial charge >= 0.3 is 5.69 Å². The number of ether oxygens (including phenoxy) is 1. The van der Waals surface area contributed by atoms with Gasteiger partial charge in [-0.15, -0.1) is 0 Å². The number of nitrogens with zero attached hydrogens (tertiary/aromatic N) is 4. The Labute approximate surface area is 198 Å². The molecule has 0 aliphatic carbocycles. The maximum absolute atomic E-state index is 12.7. The Bertz CT molecular complexity index is 1240. The molecular weight excluding hydrogens is 436 g/mol. The molecule has 0 aliphatic heterocycles. The molecule has 2 N–H and O–H groups in total. The van der Waals surface area contributed by atoms with E-state index in [1.54, 1.807) is 12.3 Å². The number of hydrogen-bond donors (Lipinski definition) is 2. The summed E-state index contributed by atoms with van der Waals surface area (Å²) in [5, 5.41) is 2.91. The smallest absolute Gasteiger partial charge is 0.330 e. The summed E-state index contributed by atoms with van der Waals surface area (Å²) in [6, 6.07) is 3.63.